The van der Waals surface area contributed by atoms with E-state index in [-0.39, 0.29) is 48.0 Å². The molecular weight excluding hydrogens is 1080 g/mol. The summed E-state index contributed by atoms with van der Waals surface area (Å²) in [5.74, 6) is 0.527. The molecule has 1 unspecified atom stereocenters. The molecule has 6 rings (SSSR count). The number of hydroxylamine groups is 1. The van der Waals surface area contributed by atoms with Crippen LogP contribution in [0.15, 0.2) is 110 Å². The number of carbonyl (C=O) groups excluding carboxylic acids is 2. The highest BCUT2D eigenvalue weighted by Gasteiger charge is 2.45. The van der Waals surface area contributed by atoms with E-state index in [2.05, 4.69) is 49.8 Å². The van der Waals surface area contributed by atoms with Gasteiger partial charge in [0.05, 0.1) is 78.3 Å². The highest BCUT2D eigenvalue weighted by atomic mass is 32.2. The van der Waals surface area contributed by atoms with Gasteiger partial charge in [-0.1, -0.05) is 19.9 Å². The number of nitrogens with one attached hydrogen (secondary N) is 3. The van der Waals surface area contributed by atoms with Crippen molar-refractivity contribution in [3.63, 3.8) is 0 Å². The third kappa shape index (κ3) is 16.0. The van der Waals surface area contributed by atoms with Crippen molar-refractivity contribution in [3.8, 4) is 5.75 Å². The van der Waals surface area contributed by atoms with Crippen LogP contribution in [0, 0.1) is 13.8 Å². The van der Waals surface area contributed by atoms with Crippen LogP contribution in [0.1, 0.15) is 88.5 Å². The summed E-state index contributed by atoms with van der Waals surface area (Å²) in [5, 5.41) is 24.1. The smallest absolute Gasteiger partial charge is 0.294 e. The SMILES string of the molecule is CNC(=O)C(CNC(=O)CCCCOCCOCCOCCON1/C(=C/C=C2\CCCC(/C=C/C3=[N+](C)c4c(C)cc(SOO[O-])cc4C3(C)C)=C2Oc2ccc(S(=O)(=O)O)cc2)C(C)(C)c2cc(S(=O)(=O)O)cc(C)c21)NC. The summed E-state index contributed by atoms with van der Waals surface area (Å²) in [5.41, 5.74) is 6.74. The van der Waals surface area contributed by atoms with E-state index in [4.69, 9.17) is 23.8 Å². The van der Waals surface area contributed by atoms with E-state index in [1.54, 1.807) is 26.1 Å². The monoisotopic (exact) mass is 1160 g/mol. The van der Waals surface area contributed by atoms with Crippen LogP contribution in [0.5, 0.6) is 5.75 Å². The van der Waals surface area contributed by atoms with E-state index in [1.807, 2.05) is 58.2 Å². The summed E-state index contributed by atoms with van der Waals surface area (Å²) >= 11 is 0.835. The summed E-state index contributed by atoms with van der Waals surface area (Å²) in [6.07, 6.45) is 11.6. The third-order valence-electron chi connectivity index (χ3n) is 14.0. The number of ether oxygens (including phenoxy) is 4. The minimum absolute atomic E-state index is 0.104. The number of anilines is 1. The van der Waals surface area contributed by atoms with Gasteiger partial charge in [-0.2, -0.15) is 25.7 Å². The van der Waals surface area contributed by atoms with Gasteiger partial charge in [0.2, 0.25) is 17.5 Å². The third-order valence-corrected chi connectivity index (χ3v) is 16.3. The largest absolute Gasteiger partial charge is 0.691 e. The number of hydrogen-bond donors (Lipinski definition) is 5. The van der Waals surface area contributed by atoms with Crippen LogP contribution in [0.2, 0.25) is 0 Å². The molecule has 1 aliphatic carbocycles. The molecule has 2 heterocycles. The number of rotatable bonds is 29. The molecule has 0 bridgehead atoms. The van der Waals surface area contributed by atoms with Crippen LogP contribution in [-0.2, 0) is 69.1 Å². The van der Waals surface area contributed by atoms with Crippen molar-refractivity contribution in [1.82, 2.24) is 16.0 Å². The topological polar surface area (TPSA) is 273 Å². The van der Waals surface area contributed by atoms with Gasteiger partial charge in [0.25, 0.3) is 20.2 Å². The average molecular weight is 1160 g/mol. The lowest BCUT2D eigenvalue weighted by molar-refractivity contribution is -0.777. The van der Waals surface area contributed by atoms with E-state index in [9.17, 15) is 40.8 Å². The zero-order valence-electron chi connectivity index (χ0n) is 46.1. The van der Waals surface area contributed by atoms with E-state index < -0.39 is 37.1 Å². The van der Waals surface area contributed by atoms with Crippen LogP contribution in [0.25, 0.3) is 0 Å². The van der Waals surface area contributed by atoms with Gasteiger partial charge in [0.15, 0.2) is 5.71 Å². The van der Waals surface area contributed by atoms with E-state index in [0.717, 1.165) is 52.1 Å². The first-order valence-electron chi connectivity index (χ1n) is 25.9. The number of amides is 2. The summed E-state index contributed by atoms with van der Waals surface area (Å²) in [6.45, 7) is 14.1. The lowest BCUT2D eigenvalue weighted by Gasteiger charge is -2.27. The number of allylic oxidation sites excluding steroid dienone is 7. The van der Waals surface area contributed by atoms with Crippen LogP contribution in [0.3, 0.4) is 0 Å². The van der Waals surface area contributed by atoms with Gasteiger partial charge < -0.3 is 40.2 Å². The first-order chi connectivity index (χ1) is 37.4. The van der Waals surface area contributed by atoms with Crippen molar-refractivity contribution in [2.75, 3.05) is 79.0 Å². The molecule has 1 atom stereocenters. The Hall–Kier alpha value is -5.32. The Labute approximate surface area is 467 Å². The number of nitrogens with zero attached hydrogens (tertiary/aromatic N) is 2. The normalized spacial score (nSPS) is 17.5. The molecule has 0 saturated carbocycles. The fourth-order valence-electron chi connectivity index (χ4n) is 9.86. The molecule has 3 aromatic rings. The zero-order chi connectivity index (χ0) is 57.7. The first kappa shape index (κ1) is 62.9. The quantitative estimate of drug-likeness (QED) is 0.0127. The predicted molar refractivity (Wildman–Crippen MR) is 295 cm³/mol. The Balaban J connectivity index is 1.17. The second-order valence-corrected chi connectivity index (χ2v) is 23.8. The number of likely N-dealkylation sites (N-methyl/N-ethyl adjacent to an activating group) is 2. The number of hydrogen-bond acceptors (Lipinski definition) is 17. The zero-order valence-corrected chi connectivity index (χ0v) is 48.6. The second-order valence-electron chi connectivity index (χ2n) is 20.2. The molecule has 0 aromatic heterocycles. The van der Waals surface area contributed by atoms with Crippen molar-refractivity contribution in [2.24, 2.45) is 0 Å². The van der Waals surface area contributed by atoms with Gasteiger partial charge in [0.1, 0.15) is 24.6 Å². The molecule has 24 heteroatoms. The van der Waals surface area contributed by atoms with E-state index in [1.165, 1.54) is 36.4 Å². The minimum Gasteiger partial charge on any atom is -0.691 e. The molecule has 0 spiro atoms. The molecule has 2 amide bonds. The van der Waals surface area contributed by atoms with Gasteiger partial charge in [-0.25, -0.2) is 5.06 Å². The number of benzene rings is 3. The summed E-state index contributed by atoms with van der Waals surface area (Å²) in [7, 11) is -3.84. The molecular formula is C55H73N5O16S3. The molecule has 2 aliphatic heterocycles. The average Bonchev–Trinajstić information content (AvgIpc) is 4.03. The Morgan fingerprint density at radius 2 is 1.47 bits per heavy atom. The molecule has 3 aliphatic rings. The maximum Gasteiger partial charge on any atom is 0.294 e. The Kier molecular flexibility index (Phi) is 22.2. The van der Waals surface area contributed by atoms with Gasteiger partial charge in [0, 0.05) is 54.1 Å². The molecule has 3 aromatic carbocycles. The fourth-order valence-corrected chi connectivity index (χ4v) is 11.4. The number of carbonyl (C=O) groups is 2. The number of unbranched alkanes of at least 4 members (excludes halogenated alkanes) is 1. The highest BCUT2D eigenvalue weighted by Crippen LogP contribution is 2.51. The van der Waals surface area contributed by atoms with Crippen molar-refractivity contribution >= 4 is 61.2 Å². The Morgan fingerprint density at radius 1 is 0.810 bits per heavy atom. The predicted octanol–water partition coefficient (Wildman–Crippen LogP) is 6.32. The summed E-state index contributed by atoms with van der Waals surface area (Å²) in [4.78, 5) is 30.6. The Bertz CT molecular complexity index is 3080. The second kappa shape index (κ2) is 27.9. The summed E-state index contributed by atoms with van der Waals surface area (Å²) in [6, 6.07) is 11.7. The molecule has 0 fully saturated rings. The van der Waals surface area contributed by atoms with Crippen LogP contribution in [-0.4, -0.2) is 128 Å². The van der Waals surface area contributed by atoms with Gasteiger partial charge in [-0.15, -0.1) is 0 Å². The molecule has 0 radical (unpaired) electrons. The lowest BCUT2D eigenvalue weighted by atomic mass is 9.80. The molecule has 79 heavy (non-hydrogen) atoms. The lowest BCUT2D eigenvalue weighted by Crippen LogP contribution is -2.48. The van der Waals surface area contributed by atoms with E-state index in [0.29, 0.717) is 97.4 Å². The van der Waals surface area contributed by atoms with Crippen molar-refractivity contribution in [2.45, 2.75) is 112 Å². The van der Waals surface area contributed by atoms with Crippen molar-refractivity contribution < 1.29 is 78.5 Å². The number of fused-ring (bicyclic) bond motifs is 2. The maximum atomic E-state index is 12.5. The molecule has 21 nitrogen and oxygen atoms in total. The van der Waals surface area contributed by atoms with Gasteiger partial charge >= 0.3 is 0 Å². The number of aryl methyl sites for hydroxylation is 2. The van der Waals surface area contributed by atoms with Crippen molar-refractivity contribution in [1.29, 1.82) is 0 Å². The van der Waals surface area contributed by atoms with Gasteiger partial charge in [-0.05, 0) is 150 Å². The molecule has 432 valence electrons. The maximum absolute atomic E-state index is 12.5. The fraction of sp³-hybridized carbons (Fsp3) is 0.473. The highest BCUT2D eigenvalue weighted by molar-refractivity contribution is 7.94. The standard InChI is InChI=1S/C55H73N5O16S3/c1-36-31-41(77-76-75-63)33-44-50(36)59(9)47(54(44,3)4)22-16-38-13-12-14-39(52(38)74-40-18-20-42(21-19-40)78(64,65)66)17-23-48-55(5,6)45-34-43(79(67,68)69)32-37(2)51(45)60(48)73-30-29-72-28-27-71-26-25-70-24-11-10-15-49(61)58-35-46(56-7)53(62)57-8/h16-23,31-34,46,56H,10-15,24-30,35H2,1-9H3,(H4-,57,58,61,62,63,64,65,66,67,68,69). The van der Waals surface area contributed by atoms with Gasteiger partial charge in [-0.3, -0.25) is 28.6 Å². The Morgan fingerprint density at radius 3 is 2.10 bits per heavy atom. The van der Waals surface area contributed by atoms with Crippen molar-refractivity contribution in [3.05, 3.63) is 118 Å². The minimum atomic E-state index is -4.57. The molecule has 0 saturated heterocycles. The van der Waals surface area contributed by atoms with E-state index >= 15 is 0 Å². The first-order valence-corrected chi connectivity index (χ1v) is 29.5. The summed E-state index contributed by atoms with van der Waals surface area (Å²) < 4.78 is 99.5. The molecule has 5 N–H and O–H groups in total. The van der Waals surface area contributed by atoms with Crippen LogP contribution in [0.4, 0.5) is 11.4 Å². The van der Waals surface area contributed by atoms with Crippen LogP contribution >= 0.6 is 12.0 Å². The van der Waals surface area contributed by atoms with Crippen LogP contribution < -0.4 is 31.0 Å².